The zero-order valence-corrected chi connectivity index (χ0v) is 26.4. The van der Waals surface area contributed by atoms with Crippen LogP contribution < -0.4 is 4.90 Å². The first-order chi connectivity index (χ1) is 22.1. The smallest absolute Gasteiger partial charge is 0.146 e. The fraction of sp³-hybridized carbons (Fsp3) is 0.0256. The Morgan fingerprint density at radius 1 is 0.622 bits per heavy atom. The standard InChI is InChI=1S/C39H30N4S2/c1-40-38(32-16-8-10-18-36(32)44)42(29-12-4-2-5-13-29)31-23-20-27(21-24-31)28-22-25-35-34(26-28)41-39(33-17-9-11-19-37(33)45)43(35)30-14-6-3-7-15-30/h2-26,44-45H,1H3. The first-order valence-electron chi connectivity index (χ1n) is 14.7. The van der Waals surface area contributed by atoms with Crippen LogP contribution in [0.4, 0.5) is 11.4 Å². The molecule has 0 aliphatic rings. The average Bonchev–Trinajstić information content (AvgIpc) is 3.47. The number of imidazole rings is 1. The van der Waals surface area contributed by atoms with Crippen molar-refractivity contribution in [1.29, 1.82) is 0 Å². The number of para-hydroxylation sites is 2. The summed E-state index contributed by atoms with van der Waals surface area (Å²) in [5.74, 6) is 1.69. The van der Waals surface area contributed by atoms with Crippen molar-refractivity contribution >= 4 is 53.5 Å². The fourth-order valence-electron chi connectivity index (χ4n) is 5.72. The number of benzene rings is 6. The Kier molecular flexibility index (Phi) is 7.99. The maximum absolute atomic E-state index is 5.15. The molecular formula is C39H30N4S2. The second-order valence-corrected chi connectivity index (χ2v) is 11.6. The summed E-state index contributed by atoms with van der Waals surface area (Å²) in [6.07, 6.45) is 0. The molecule has 0 atom stereocenters. The number of fused-ring (bicyclic) bond motifs is 1. The first kappa shape index (κ1) is 28.7. The number of hydrogen-bond donors (Lipinski definition) is 2. The largest absolute Gasteiger partial charge is 0.295 e. The highest BCUT2D eigenvalue weighted by atomic mass is 32.1. The van der Waals surface area contributed by atoms with Crippen LogP contribution in [0.5, 0.6) is 0 Å². The Hall–Kier alpha value is -5.04. The van der Waals surface area contributed by atoms with E-state index in [0.717, 1.165) is 71.8 Å². The van der Waals surface area contributed by atoms with E-state index in [-0.39, 0.29) is 0 Å². The Morgan fingerprint density at radius 2 is 1.22 bits per heavy atom. The predicted octanol–water partition coefficient (Wildman–Crippen LogP) is 10.2. The Balaban J connectivity index is 1.31. The molecular weight excluding hydrogens is 589 g/mol. The van der Waals surface area contributed by atoms with Gasteiger partial charge in [-0.3, -0.25) is 14.5 Å². The van der Waals surface area contributed by atoms with Crippen molar-refractivity contribution in [3.8, 4) is 28.2 Å². The lowest BCUT2D eigenvalue weighted by molar-refractivity contribution is 1.09. The van der Waals surface area contributed by atoms with Gasteiger partial charge in [0.15, 0.2) is 0 Å². The van der Waals surface area contributed by atoms with Crippen molar-refractivity contribution in [3.63, 3.8) is 0 Å². The molecule has 7 aromatic rings. The summed E-state index contributed by atoms with van der Waals surface area (Å²) in [4.78, 5) is 13.8. The van der Waals surface area contributed by atoms with Gasteiger partial charge in [0.1, 0.15) is 11.7 Å². The maximum Gasteiger partial charge on any atom is 0.146 e. The number of rotatable bonds is 6. The predicted molar refractivity (Wildman–Crippen MR) is 194 cm³/mol. The third-order valence-electron chi connectivity index (χ3n) is 7.86. The Morgan fingerprint density at radius 3 is 1.91 bits per heavy atom. The second-order valence-electron chi connectivity index (χ2n) is 10.6. The van der Waals surface area contributed by atoms with E-state index in [9.17, 15) is 0 Å². The van der Waals surface area contributed by atoms with Gasteiger partial charge in [0.25, 0.3) is 0 Å². The molecule has 0 fully saturated rings. The molecule has 6 heteroatoms. The molecule has 218 valence electrons. The van der Waals surface area contributed by atoms with Gasteiger partial charge >= 0.3 is 0 Å². The third kappa shape index (κ3) is 5.55. The van der Waals surface area contributed by atoms with Crippen LogP contribution in [0.1, 0.15) is 5.56 Å². The minimum absolute atomic E-state index is 0.824. The molecule has 0 aliphatic heterocycles. The molecule has 7 rings (SSSR count). The van der Waals surface area contributed by atoms with Crippen LogP contribution in [0.3, 0.4) is 0 Å². The highest BCUT2D eigenvalue weighted by Gasteiger charge is 2.20. The first-order valence-corrected chi connectivity index (χ1v) is 15.6. The van der Waals surface area contributed by atoms with E-state index < -0.39 is 0 Å². The number of aliphatic imine (C=N–C) groups is 1. The lowest BCUT2D eigenvalue weighted by Crippen LogP contribution is -2.27. The number of anilines is 2. The van der Waals surface area contributed by atoms with E-state index in [1.807, 2.05) is 67.7 Å². The topological polar surface area (TPSA) is 33.4 Å². The molecule has 4 nitrogen and oxygen atoms in total. The maximum atomic E-state index is 5.15. The summed E-state index contributed by atoms with van der Waals surface area (Å²) in [5, 5.41) is 0. The van der Waals surface area contributed by atoms with Gasteiger partial charge in [0, 0.05) is 45.0 Å². The molecule has 0 saturated carbocycles. The molecule has 1 heterocycles. The summed E-state index contributed by atoms with van der Waals surface area (Å²) in [7, 11) is 1.82. The van der Waals surface area contributed by atoms with E-state index in [0.29, 0.717) is 0 Å². The van der Waals surface area contributed by atoms with E-state index in [1.165, 1.54) is 0 Å². The van der Waals surface area contributed by atoms with Crippen molar-refractivity contribution in [2.75, 3.05) is 11.9 Å². The molecule has 0 spiro atoms. The van der Waals surface area contributed by atoms with Gasteiger partial charge in [-0.15, -0.1) is 25.3 Å². The van der Waals surface area contributed by atoms with E-state index in [4.69, 9.17) is 35.2 Å². The monoisotopic (exact) mass is 618 g/mol. The highest BCUT2D eigenvalue weighted by Crippen LogP contribution is 2.35. The van der Waals surface area contributed by atoms with Crippen molar-refractivity contribution in [2.24, 2.45) is 4.99 Å². The molecule has 0 radical (unpaired) electrons. The van der Waals surface area contributed by atoms with Gasteiger partial charge in [-0.05, 0) is 71.8 Å². The van der Waals surface area contributed by atoms with Gasteiger partial charge in [-0.2, -0.15) is 0 Å². The minimum atomic E-state index is 0.824. The number of aromatic nitrogens is 2. The van der Waals surface area contributed by atoms with Crippen LogP contribution in [0.15, 0.2) is 166 Å². The van der Waals surface area contributed by atoms with E-state index in [1.54, 1.807) is 0 Å². The van der Waals surface area contributed by atoms with Gasteiger partial charge in [-0.1, -0.05) is 91.0 Å². The Labute approximate surface area is 274 Å². The summed E-state index contributed by atoms with van der Waals surface area (Å²) in [6.45, 7) is 0. The minimum Gasteiger partial charge on any atom is -0.295 e. The zero-order chi connectivity index (χ0) is 30.8. The molecule has 0 N–H and O–H groups in total. The quantitative estimate of drug-likeness (QED) is 0.110. The van der Waals surface area contributed by atoms with Crippen molar-refractivity contribution in [1.82, 2.24) is 9.55 Å². The van der Waals surface area contributed by atoms with Gasteiger partial charge in [0.2, 0.25) is 0 Å². The molecule has 0 amide bonds. The van der Waals surface area contributed by atoms with E-state index in [2.05, 4.69) is 100 Å². The van der Waals surface area contributed by atoms with Crippen LogP contribution in [-0.2, 0) is 0 Å². The number of amidine groups is 1. The molecule has 6 aromatic carbocycles. The second kappa shape index (κ2) is 12.5. The number of nitrogens with zero attached hydrogens (tertiary/aromatic N) is 4. The molecule has 1 aromatic heterocycles. The summed E-state index contributed by atoms with van der Waals surface area (Å²) in [6, 6.07) is 51.9. The molecule has 0 saturated heterocycles. The van der Waals surface area contributed by atoms with Crippen LogP contribution in [0, 0.1) is 0 Å². The lowest BCUT2D eigenvalue weighted by atomic mass is 10.0. The van der Waals surface area contributed by atoms with Crippen molar-refractivity contribution in [2.45, 2.75) is 9.79 Å². The summed E-state index contributed by atoms with van der Waals surface area (Å²) >= 11 is 9.51. The number of hydrogen-bond acceptors (Lipinski definition) is 4. The van der Waals surface area contributed by atoms with Crippen LogP contribution in [0.2, 0.25) is 0 Å². The van der Waals surface area contributed by atoms with Crippen LogP contribution in [0.25, 0.3) is 39.2 Å². The molecule has 45 heavy (non-hydrogen) atoms. The summed E-state index contributed by atoms with van der Waals surface area (Å²) < 4.78 is 2.21. The van der Waals surface area contributed by atoms with Crippen LogP contribution >= 0.6 is 25.3 Å². The van der Waals surface area contributed by atoms with E-state index >= 15 is 0 Å². The summed E-state index contributed by atoms with van der Waals surface area (Å²) in [5.41, 5.74) is 9.19. The highest BCUT2D eigenvalue weighted by molar-refractivity contribution is 7.80. The molecule has 0 unspecified atom stereocenters. The van der Waals surface area contributed by atoms with Gasteiger partial charge in [-0.25, -0.2) is 4.98 Å². The average molecular weight is 619 g/mol. The normalized spacial score (nSPS) is 11.6. The SMILES string of the molecule is CN=C(c1ccccc1S)N(c1ccccc1)c1ccc(-c2ccc3c(c2)nc(-c2ccccc2S)n3-c2ccccc2)cc1. The van der Waals surface area contributed by atoms with Gasteiger partial charge < -0.3 is 0 Å². The third-order valence-corrected chi connectivity index (χ3v) is 8.64. The fourth-order valence-corrected chi connectivity index (χ4v) is 6.24. The molecule has 0 aliphatic carbocycles. The van der Waals surface area contributed by atoms with Crippen molar-refractivity contribution < 1.29 is 0 Å². The number of thiol groups is 2. The molecule has 0 bridgehead atoms. The van der Waals surface area contributed by atoms with Crippen molar-refractivity contribution in [3.05, 3.63) is 157 Å². The van der Waals surface area contributed by atoms with Gasteiger partial charge in [0.05, 0.1) is 11.0 Å². The zero-order valence-electron chi connectivity index (χ0n) is 24.6. The lowest BCUT2D eigenvalue weighted by Gasteiger charge is -2.27. The Bertz CT molecular complexity index is 2140. The van der Waals surface area contributed by atoms with Crippen LogP contribution in [-0.4, -0.2) is 22.4 Å².